The molecule has 1 N–H and O–H groups in total. The van der Waals surface area contributed by atoms with E-state index in [2.05, 4.69) is 5.32 Å². The van der Waals surface area contributed by atoms with E-state index in [0.717, 1.165) is 5.56 Å². The number of hydrogen-bond donors (Lipinski definition) is 1. The number of nitrogens with one attached hydrogen (secondary N) is 1. The van der Waals surface area contributed by atoms with Gasteiger partial charge in [-0.15, -0.1) is 0 Å². The molecule has 0 aliphatic heterocycles. The molecule has 0 aliphatic carbocycles. The second-order valence-electron chi connectivity index (χ2n) is 4.30. The first-order chi connectivity index (χ1) is 9.06. The van der Waals surface area contributed by atoms with Crippen LogP contribution in [-0.2, 0) is 6.54 Å². The summed E-state index contributed by atoms with van der Waals surface area (Å²) in [6.45, 7) is 1.90. The van der Waals surface area contributed by atoms with Gasteiger partial charge in [0, 0.05) is 6.54 Å². The summed E-state index contributed by atoms with van der Waals surface area (Å²) >= 11 is 0. The number of halogens is 2. The minimum absolute atomic E-state index is 0.0120. The third-order valence-electron chi connectivity index (χ3n) is 2.71. The van der Waals surface area contributed by atoms with Crippen molar-refractivity contribution in [2.24, 2.45) is 0 Å². The summed E-state index contributed by atoms with van der Waals surface area (Å²) in [6.07, 6.45) is 0. The van der Waals surface area contributed by atoms with Gasteiger partial charge in [-0.2, -0.15) is 0 Å². The summed E-state index contributed by atoms with van der Waals surface area (Å²) in [6, 6.07) is 10.3. The SMILES string of the molecule is Cc1ccc(C(=O)NCc2cccc(F)c2)c(F)c1. The van der Waals surface area contributed by atoms with Crippen molar-refractivity contribution in [1.29, 1.82) is 0 Å². The first-order valence-electron chi connectivity index (χ1n) is 5.85. The fraction of sp³-hybridized carbons (Fsp3) is 0.133. The van der Waals surface area contributed by atoms with Gasteiger partial charge in [-0.3, -0.25) is 4.79 Å². The van der Waals surface area contributed by atoms with Gasteiger partial charge in [0.15, 0.2) is 0 Å². The monoisotopic (exact) mass is 261 g/mol. The first-order valence-corrected chi connectivity index (χ1v) is 5.85. The quantitative estimate of drug-likeness (QED) is 0.903. The molecule has 0 heterocycles. The minimum Gasteiger partial charge on any atom is -0.348 e. The standard InChI is InChI=1S/C15H13F2NO/c1-10-5-6-13(14(17)7-10)15(19)18-9-11-3-2-4-12(16)8-11/h2-8H,9H2,1H3,(H,18,19). The third-order valence-corrected chi connectivity index (χ3v) is 2.71. The summed E-state index contributed by atoms with van der Waals surface area (Å²) in [4.78, 5) is 11.8. The Balaban J connectivity index is 2.05. The minimum atomic E-state index is -0.559. The summed E-state index contributed by atoms with van der Waals surface area (Å²) in [5, 5.41) is 2.56. The molecule has 0 atom stereocenters. The molecule has 0 saturated heterocycles. The molecular weight excluding hydrogens is 248 g/mol. The lowest BCUT2D eigenvalue weighted by Crippen LogP contribution is -2.23. The summed E-state index contributed by atoms with van der Waals surface area (Å²) in [5.74, 6) is -1.44. The highest BCUT2D eigenvalue weighted by Gasteiger charge is 2.11. The Labute approximate surface area is 110 Å². The number of carbonyl (C=O) groups excluding carboxylic acids is 1. The maximum Gasteiger partial charge on any atom is 0.254 e. The van der Waals surface area contributed by atoms with Crippen molar-refractivity contribution in [3.63, 3.8) is 0 Å². The van der Waals surface area contributed by atoms with Crippen LogP contribution in [0.2, 0.25) is 0 Å². The van der Waals surface area contributed by atoms with Gasteiger partial charge in [-0.25, -0.2) is 8.78 Å². The second kappa shape index (κ2) is 5.61. The lowest BCUT2D eigenvalue weighted by Gasteiger charge is -2.07. The molecule has 0 unspecified atom stereocenters. The van der Waals surface area contributed by atoms with Gasteiger partial charge in [-0.1, -0.05) is 18.2 Å². The number of rotatable bonds is 3. The Morgan fingerprint density at radius 3 is 2.63 bits per heavy atom. The molecule has 2 aromatic carbocycles. The van der Waals surface area contributed by atoms with Gasteiger partial charge in [0.2, 0.25) is 0 Å². The van der Waals surface area contributed by atoms with Crippen molar-refractivity contribution >= 4 is 5.91 Å². The van der Waals surface area contributed by atoms with Crippen LogP contribution in [0.3, 0.4) is 0 Å². The van der Waals surface area contributed by atoms with Crippen molar-refractivity contribution < 1.29 is 13.6 Å². The van der Waals surface area contributed by atoms with E-state index in [-0.39, 0.29) is 17.9 Å². The molecule has 2 nitrogen and oxygen atoms in total. The van der Waals surface area contributed by atoms with Gasteiger partial charge in [-0.05, 0) is 42.3 Å². The molecule has 1 amide bonds. The highest BCUT2D eigenvalue weighted by atomic mass is 19.1. The predicted molar refractivity (Wildman–Crippen MR) is 68.7 cm³/mol. The second-order valence-corrected chi connectivity index (χ2v) is 4.30. The molecule has 2 rings (SSSR count). The number of carbonyl (C=O) groups is 1. The van der Waals surface area contributed by atoms with Crippen LogP contribution >= 0.6 is 0 Å². The van der Waals surface area contributed by atoms with Crippen LogP contribution in [0, 0.1) is 18.6 Å². The molecule has 0 radical (unpaired) electrons. The Hall–Kier alpha value is -2.23. The summed E-state index contributed by atoms with van der Waals surface area (Å²) in [7, 11) is 0. The first kappa shape index (κ1) is 13.2. The van der Waals surface area contributed by atoms with Gasteiger partial charge in [0.25, 0.3) is 5.91 Å². The van der Waals surface area contributed by atoms with E-state index in [1.165, 1.54) is 24.3 Å². The average molecular weight is 261 g/mol. The lowest BCUT2D eigenvalue weighted by molar-refractivity contribution is 0.0947. The molecule has 0 fully saturated rings. The highest BCUT2D eigenvalue weighted by Crippen LogP contribution is 2.10. The molecule has 4 heteroatoms. The van der Waals surface area contributed by atoms with E-state index >= 15 is 0 Å². The molecular formula is C15H13F2NO. The number of hydrogen-bond acceptors (Lipinski definition) is 1. The largest absolute Gasteiger partial charge is 0.348 e. The summed E-state index contributed by atoms with van der Waals surface area (Å²) in [5.41, 5.74) is 1.36. The molecule has 19 heavy (non-hydrogen) atoms. The molecule has 0 spiro atoms. The summed E-state index contributed by atoms with van der Waals surface area (Å²) < 4.78 is 26.5. The van der Waals surface area contributed by atoms with Gasteiger partial charge < -0.3 is 5.32 Å². The van der Waals surface area contributed by atoms with E-state index in [0.29, 0.717) is 5.56 Å². The van der Waals surface area contributed by atoms with Crippen LogP contribution < -0.4 is 5.32 Å². The zero-order valence-electron chi connectivity index (χ0n) is 10.4. The Morgan fingerprint density at radius 1 is 1.16 bits per heavy atom. The maximum atomic E-state index is 13.6. The fourth-order valence-corrected chi connectivity index (χ4v) is 1.73. The van der Waals surface area contributed by atoms with Crippen LogP contribution in [0.5, 0.6) is 0 Å². The van der Waals surface area contributed by atoms with Crippen LogP contribution in [0.1, 0.15) is 21.5 Å². The van der Waals surface area contributed by atoms with E-state index < -0.39 is 11.7 Å². The Bertz CT molecular complexity index is 611. The normalized spacial score (nSPS) is 10.3. The maximum absolute atomic E-state index is 13.6. The van der Waals surface area contributed by atoms with E-state index in [1.807, 2.05) is 0 Å². The van der Waals surface area contributed by atoms with E-state index in [1.54, 1.807) is 25.1 Å². The van der Waals surface area contributed by atoms with Gasteiger partial charge >= 0.3 is 0 Å². The Morgan fingerprint density at radius 2 is 1.95 bits per heavy atom. The number of aryl methyl sites for hydroxylation is 1. The topological polar surface area (TPSA) is 29.1 Å². The van der Waals surface area contributed by atoms with Gasteiger partial charge in [0.05, 0.1) is 5.56 Å². The highest BCUT2D eigenvalue weighted by molar-refractivity contribution is 5.94. The molecule has 0 saturated carbocycles. The van der Waals surface area contributed by atoms with E-state index in [4.69, 9.17) is 0 Å². The number of amides is 1. The predicted octanol–water partition coefficient (Wildman–Crippen LogP) is 3.20. The van der Waals surface area contributed by atoms with E-state index in [9.17, 15) is 13.6 Å². The zero-order valence-corrected chi connectivity index (χ0v) is 10.4. The molecule has 0 bridgehead atoms. The van der Waals surface area contributed by atoms with Crippen molar-refractivity contribution in [2.45, 2.75) is 13.5 Å². The smallest absolute Gasteiger partial charge is 0.254 e. The molecule has 2 aromatic rings. The van der Waals surface area contributed by atoms with Crippen LogP contribution in [0.25, 0.3) is 0 Å². The van der Waals surface area contributed by atoms with Crippen LogP contribution in [-0.4, -0.2) is 5.91 Å². The molecule has 0 aromatic heterocycles. The van der Waals surface area contributed by atoms with Crippen molar-refractivity contribution in [3.8, 4) is 0 Å². The van der Waals surface area contributed by atoms with Crippen molar-refractivity contribution in [3.05, 3.63) is 70.8 Å². The van der Waals surface area contributed by atoms with Crippen LogP contribution in [0.15, 0.2) is 42.5 Å². The van der Waals surface area contributed by atoms with Gasteiger partial charge in [0.1, 0.15) is 11.6 Å². The molecule has 0 aliphatic rings. The Kier molecular flexibility index (Phi) is 3.90. The zero-order chi connectivity index (χ0) is 13.8. The number of benzene rings is 2. The molecule has 98 valence electrons. The average Bonchev–Trinajstić information content (AvgIpc) is 2.36. The lowest BCUT2D eigenvalue weighted by atomic mass is 10.1. The third kappa shape index (κ3) is 3.37. The fourth-order valence-electron chi connectivity index (χ4n) is 1.73. The van der Waals surface area contributed by atoms with Crippen molar-refractivity contribution in [1.82, 2.24) is 5.32 Å². The van der Waals surface area contributed by atoms with Crippen molar-refractivity contribution in [2.75, 3.05) is 0 Å². The van der Waals surface area contributed by atoms with Crippen LogP contribution in [0.4, 0.5) is 8.78 Å².